The normalized spacial score (nSPS) is 10.9. The van der Waals surface area contributed by atoms with Crippen LogP contribution in [0.3, 0.4) is 0 Å². The number of hydrogen-bond acceptors (Lipinski definition) is 7. The number of nitrogens with zero attached hydrogens (tertiary/aromatic N) is 1. The predicted octanol–water partition coefficient (Wildman–Crippen LogP) is 5.45. The van der Waals surface area contributed by atoms with Crippen molar-refractivity contribution in [2.45, 2.75) is 0 Å². The van der Waals surface area contributed by atoms with Crippen LogP contribution in [0.1, 0.15) is 16.7 Å². The highest BCUT2D eigenvalue weighted by Gasteiger charge is 2.12. The van der Waals surface area contributed by atoms with Gasteiger partial charge in [0.15, 0.2) is 11.5 Å². The van der Waals surface area contributed by atoms with Crippen LogP contribution in [0.15, 0.2) is 60.7 Å². The zero-order valence-electron chi connectivity index (χ0n) is 20.3. The first kappa shape index (κ1) is 25.8. The van der Waals surface area contributed by atoms with Crippen LogP contribution < -0.4 is 24.3 Å². The lowest BCUT2D eigenvalue weighted by atomic mass is 10.1. The highest BCUT2D eigenvalue weighted by atomic mass is 16.6. The molecule has 0 bridgehead atoms. The van der Waals surface area contributed by atoms with Crippen LogP contribution in [0.2, 0.25) is 0 Å². The standard InChI is InChI=1S/C27H26N2O7/c1-33-23-15-19(8-9-20-16-24(34-2)27(36-4)25(17-20)35-3)10-12-22(23)28-26(30)13-11-18-6-5-7-21(14-18)29(31)32/h5-17H,1-4H3,(H,28,30)/b9-8?,13-11+. The highest BCUT2D eigenvalue weighted by molar-refractivity contribution is 6.03. The topological polar surface area (TPSA) is 109 Å². The molecule has 0 fully saturated rings. The fraction of sp³-hybridized carbons (Fsp3) is 0.148. The number of carbonyl (C=O) groups is 1. The molecular formula is C27H26N2O7. The van der Waals surface area contributed by atoms with E-state index in [9.17, 15) is 14.9 Å². The number of rotatable bonds is 10. The van der Waals surface area contributed by atoms with Crippen molar-refractivity contribution in [1.82, 2.24) is 0 Å². The summed E-state index contributed by atoms with van der Waals surface area (Å²) in [4.78, 5) is 22.8. The molecule has 0 aliphatic rings. The average molecular weight is 491 g/mol. The molecule has 0 saturated heterocycles. The highest BCUT2D eigenvalue weighted by Crippen LogP contribution is 2.38. The van der Waals surface area contributed by atoms with Gasteiger partial charge in [0.05, 0.1) is 39.0 Å². The van der Waals surface area contributed by atoms with E-state index in [0.717, 1.165) is 11.1 Å². The van der Waals surface area contributed by atoms with Gasteiger partial charge >= 0.3 is 0 Å². The number of nitro groups is 1. The molecule has 186 valence electrons. The summed E-state index contributed by atoms with van der Waals surface area (Å²) in [6, 6.07) is 15.0. The average Bonchev–Trinajstić information content (AvgIpc) is 2.90. The van der Waals surface area contributed by atoms with Crippen LogP contribution in [-0.2, 0) is 4.79 Å². The number of ether oxygens (including phenoxy) is 4. The first-order chi connectivity index (χ1) is 17.4. The largest absolute Gasteiger partial charge is 0.495 e. The Hall–Kier alpha value is -4.79. The summed E-state index contributed by atoms with van der Waals surface area (Å²) in [5.74, 6) is 1.67. The Morgan fingerprint density at radius 2 is 1.39 bits per heavy atom. The van der Waals surface area contributed by atoms with Gasteiger partial charge < -0.3 is 24.3 Å². The maximum absolute atomic E-state index is 12.4. The number of nitro benzene ring substituents is 1. The van der Waals surface area contributed by atoms with Gasteiger partial charge in [-0.1, -0.05) is 30.4 Å². The Morgan fingerprint density at radius 1 is 0.778 bits per heavy atom. The summed E-state index contributed by atoms with van der Waals surface area (Å²) in [5, 5.41) is 13.7. The number of methoxy groups -OCH3 is 4. The first-order valence-corrected chi connectivity index (χ1v) is 10.8. The van der Waals surface area contributed by atoms with E-state index in [1.165, 1.54) is 31.4 Å². The number of carbonyl (C=O) groups excluding carboxylic acids is 1. The van der Waals surface area contributed by atoms with E-state index in [1.54, 1.807) is 45.6 Å². The molecule has 1 N–H and O–H groups in total. The summed E-state index contributed by atoms with van der Waals surface area (Å²) < 4.78 is 21.6. The summed E-state index contributed by atoms with van der Waals surface area (Å²) in [6.45, 7) is 0. The monoisotopic (exact) mass is 490 g/mol. The molecule has 9 heteroatoms. The van der Waals surface area contributed by atoms with Gasteiger partial charge in [-0.05, 0) is 47.0 Å². The lowest BCUT2D eigenvalue weighted by Crippen LogP contribution is -2.09. The van der Waals surface area contributed by atoms with E-state index in [2.05, 4.69) is 5.32 Å². The molecule has 0 spiro atoms. The summed E-state index contributed by atoms with van der Waals surface area (Å²) >= 11 is 0. The molecule has 1 amide bonds. The van der Waals surface area contributed by atoms with Crippen LogP contribution in [0.4, 0.5) is 11.4 Å². The van der Waals surface area contributed by atoms with Gasteiger partial charge in [0.2, 0.25) is 11.7 Å². The van der Waals surface area contributed by atoms with Gasteiger partial charge in [-0.25, -0.2) is 0 Å². The first-order valence-electron chi connectivity index (χ1n) is 10.8. The van der Waals surface area contributed by atoms with Crippen LogP contribution >= 0.6 is 0 Å². The third-order valence-corrected chi connectivity index (χ3v) is 5.15. The molecule has 0 atom stereocenters. The molecule has 0 radical (unpaired) electrons. The van der Waals surface area contributed by atoms with Crippen molar-refractivity contribution in [2.75, 3.05) is 33.8 Å². The smallest absolute Gasteiger partial charge is 0.270 e. The molecule has 0 aliphatic heterocycles. The van der Waals surface area contributed by atoms with E-state index < -0.39 is 10.8 Å². The molecule has 3 rings (SSSR count). The number of benzene rings is 3. The molecule has 3 aromatic carbocycles. The van der Waals surface area contributed by atoms with Crippen LogP contribution in [0.25, 0.3) is 18.2 Å². The van der Waals surface area contributed by atoms with Crippen molar-refractivity contribution in [3.8, 4) is 23.0 Å². The third kappa shape index (κ3) is 6.41. The Balaban J connectivity index is 1.75. The van der Waals surface area contributed by atoms with Gasteiger partial charge in [-0.2, -0.15) is 0 Å². The van der Waals surface area contributed by atoms with Crippen molar-refractivity contribution < 1.29 is 28.7 Å². The minimum Gasteiger partial charge on any atom is -0.495 e. The number of amides is 1. The summed E-state index contributed by atoms with van der Waals surface area (Å²) in [6.07, 6.45) is 6.58. The predicted molar refractivity (Wildman–Crippen MR) is 139 cm³/mol. The Labute approximate surface area is 208 Å². The van der Waals surface area contributed by atoms with Crippen molar-refractivity contribution >= 4 is 35.5 Å². The molecular weight excluding hydrogens is 464 g/mol. The quantitative estimate of drug-likeness (QED) is 0.174. The van der Waals surface area contributed by atoms with Crippen LogP contribution in [0.5, 0.6) is 23.0 Å². The maximum atomic E-state index is 12.4. The van der Waals surface area contributed by atoms with E-state index in [4.69, 9.17) is 18.9 Å². The third-order valence-electron chi connectivity index (χ3n) is 5.15. The van der Waals surface area contributed by atoms with Gasteiger partial charge in [0, 0.05) is 18.2 Å². The molecule has 0 unspecified atom stereocenters. The lowest BCUT2D eigenvalue weighted by Gasteiger charge is -2.13. The lowest BCUT2D eigenvalue weighted by molar-refractivity contribution is -0.384. The van der Waals surface area contributed by atoms with E-state index >= 15 is 0 Å². The number of hydrogen-bond donors (Lipinski definition) is 1. The fourth-order valence-electron chi connectivity index (χ4n) is 3.39. The summed E-state index contributed by atoms with van der Waals surface area (Å²) in [5.41, 5.74) is 2.65. The zero-order chi connectivity index (χ0) is 26.1. The second kappa shape index (κ2) is 12.1. The second-order valence-electron chi connectivity index (χ2n) is 7.43. The molecule has 9 nitrogen and oxygen atoms in total. The molecule has 0 aliphatic carbocycles. The van der Waals surface area contributed by atoms with Gasteiger partial charge in [-0.15, -0.1) is 0 Å². The van der Waals surface area contributed by atoms with Crippen molar-refractivity contribution in [1.29, 1.82) is 0 Å². The maximum Gasteiger partial charge on any atom is 0.270 e. The molecule has 36 heavy (non-hydrogen) atoms. The van der Waals surface area contributed by atoms with Gasteiger partial charge in [-0.3, -0.25) is 14.9 Å². The minimum atomic E-state index is -0.486. The molecule has 0 aromatic heterocycles. The summed E-state index contributed by atoms with van der Waals surface area (Å²) in [7, 11) is 6.17. The van der Waals surface area contributed by atoms with Crippen LogP contribution in [0, 0.1) is 10.1 Å². The Bertz CT molecular complexity index is 1290. The van der Waals surface area contributed by atoms with Gasteiger partial charge in [0.1, 0.15) is 5.75 Å². The van der Waals surface area contributed by atoms with Crippen molar-refractivity contribution in [2.24, 2.45) is 0 Å². The minimum absolute atomic E-state index is 0.0469. The van der Waals surface area contributed by atoms with Crippen molar-refractivity contribution in [3.63, 3.8) is 0 Å². The Morgan fingerprint density at radius 3 is 2.00 bits per heavy atom. The van der Waals surface area contributed by atoms with E-state index in [1.807, 2.05) is 30.4 Å². The van der Waals surface area contributed by atoms with E-state index in [0.29, 0.717) is 34.2 Å². The fourth-order valence-corrected chi connectivity index (χ4v) is 3.39. The Kier molecular flexibility index (Phi) is 8.66. The number of anilines is 1. The van der Waals surface area contributed by atoms with Crippen molar-refractivity contribution in [3.05, 3.63) is 87.5 Å². The molecule has 3 aromatic rings. The molecule has 0 saturated carbocycles. The SMILES string of the molecule is COc1cc(C=Cc2cc(OC)c(OC)c(OC)c2)ccc1NC(=O)/C=C/c1cccc([N+](=O)[O-])c1. The van der Waals surface area contributed by atoms with Crippen LogP contribution in [-0.4, -0.2) is 39.3 Å². The number of nitrogens with one attached hydrogen (secondary N) is 1. The van der Waals surface area contributed by atoms with Gasteiger partial charge in [0.25, 0.3) is 5.69 Å². The van der Waals surface area contributed by atoms with E-state index in [-0.39, 0.29) is 5.69 Å². The zero-order valence-corrected chi connectivity index (χ0v) is 20.3. The second-order valence-corrected chi connectivity index (χ2v) is 7.43. The number of non-ortho nitro benzene ring substituents is 1. The molecule has 0 heterocycles.